The largest absolute Gasteiger partial charge is 0.340 e. The van der Waals surface area contributed by atoms with E-state index in [1.54, 1.807) is 11.3 Å². The van der Waals surface area contributed by atoms with Crippen LogP contribution in [0.4, 0.5) is 0 Å². The molecule has 0 aliphatic heterocycles. The van der Waals surface area contributed by atoms with Crippen LogP contribution in [0.1, 0.15) is 26.2 Å². The number of rotatable bonds is 4. The predicted molar refractivity (Wildman–Crippen MR) is 92.1 cm³/mol. The normalized spacial score (nSPS) is 12.0. The number of thiophene rings is 2. The molecule has 2 nitrogen and oxygen atoms in total. The Labute approximate surface area is 139 Å². The van der Waals surface area contributed by atoms with Gasteiger partial charge in [-0.1, -0.05) is 36.4 Å². The van der Waals surface area contributed by atoms with E-state index in [2.05, 4.69) is 21.2 Å². The third kappa shape index (κ3) is 3.43. The number of carbonyl (C=O) groups is 1. The van der Waals surface area contributed by atoms with Crippen molar-refractivity contribution < 1.29 is 4.79 Å². The Bertz CT molecular complexity index is 722. The number of amides is 1. The van der Waals surface area contributed by atoms with Gasteiger partial charge in [-0.25, -0.2) is 0 Å². The second kappa shape index (κ2) is 6.56. The first kappa shape index (κ1) is 14.5. The summed E-state index contributed by atoms with van der Waals surface area (Å²) in [5.74, 6) is -0.0482. The summed E-state index contributed by atoms with van der Waals surface area (Å²) in [6.07, 6.45) is 0. The second-order valence-corrected chi connectivity index (χ2v) is 7.88. The highest BCUT2D eigenvalue weighted by molar-refractivity contribution is 9.11. The minimum absolute atomic E-state index is 0.0482. The van der Waals surface area contributed by atoms with Gasteiger partial charge in [0.25, 0.3) is 5.91 Å². The number of carbonyl (C=O) groups excluding carboxylic acids is 1. The van der Waals surface area contributed by atoms with Crippen LogP contribution in [0, 0.1) is 0 Å². The third-order valence-electron chi connectivity index (χ3n) is 3.03. The van der Waals surface area contributed by atoms with Crippen molar-refractivity contribution in [1.29, 1.82) is 0 Å². The van der Waals surface area contributed by atoms with E-state index in [1.807, 2.05) is 60.0 Å². The van der Waals surface area contributed by atoms with E-state index in [1.165, 1.54) is 11.3 Å². The molecular formula is C16H12BrNOS2. The Morgan fingerprint density at radius 3 is 2.48 bits per heavy atom. The molecule has 0 aliphatic rings. The molecule has 0 saturated carbocycles. The molecule has 3 aromatic rings. The summed E-state index contributed by atoms with van der Waals surface area (Å²) in [7, 11) is 0. The van der Waals surface area contributed by atoms with E-state index < -0.39 is 0 Å². The van der Waals surface area contributed by atoms with Crippen molar-refractivity contribution in [2.24, 2.45) is 0 Å². The topological polar surface area (TPSA) is 29.1 Å². The smallest absolute Gasteiger partial charge is 0.262 e. The maximum atomic E-state index is 12.4. The second-order valence-electron chi connectivity index (χ2n) is 4.44. The lowest BCUT2D eigenvalue weighted by molar-refractivity contribution is 0.0947. The summed E-state index contributed by atoms with van der Waals surface area (Å²) in [5.41, 5.74) is 1.09. The number of halogens is 1. The summed E-state index contributed by atoms with van der Waals surface area (Å²) in [5, 5.41) is 5.15. The van der Waals surface area contributed by atoms with Gasteiger partial charge in [-0.3, -0.25) is 4.79 Å². The van der Waals surface area contributed by atoms with E-state index in [0.717, 1.165) is 14.2 Å². The van der Waals surface area contributed by atoms with E-state index in [4.69, 9.17) is 0 Å². The van der Waals surface area contributed by atoms with Crippen molar-refractivity contribution in [2.75, 3.05) is 0 Å². The standard InChI is InChI=1S/C16H12BrNOS2/c17-14-9-8-13(21-14)16(19)18-15(12-7-4-10-20-12)11-5-2-1-3-6-11/h1-10,15H,(H,18,19). The number of hydrogen-bond donors (Lipinski definition) is 1. The lowest BCUT2D eigenvalue weighted by Gasteiger charge is -2.17. The first-order valence-electron chi connectivity index (χ1n) is 6.38. The van der Waals surface area contributed by atoms with Crippen LogP contribution in [-0.2, 0) is 0 Å². The molecule has 0 spiro atoms. The third-order valence-corrected chi connectivity index (χ3v) is 5.59. The molecule has 0 radical (unpaired) electrons. The zero-order valence-electron chi connectivity index (χ0n) is 11.0. The van der Waals surface area contributed by atoms with Crippen LogP contribution >= 0.6 is 38.6 Å². The summed E-state index contributed by atoms with van der Waals surface area (Å²) in [6, 6.07) is 17.7. The highest BCUT2D eigenvalue weighted by Gasteiger charge is 2.19. The number of nitrogens with one attached hydrogen (secondary N) is 1. The van der Waals surface area contributed by atoms with E-state index >= 15 is 0 Å². The molecule has 1 N–H and O–H groups in total. The van der Waals surface area contributed by atoms with Gasteiger partial charge in [0, 0.05) is 4.88 Å². The molecule has 1 aromatic carbocycles. The molecule has 2 heterocycles. The van der Waals surface area contributed by atoms with Crippen LogP contribution in [-0.4, -0.2) is 5.91 Å². The first-order chi connectivity index (χ1) is 10.2. The Morgan fingerprint density at radius 2 is 1.86 bits per heavy atom. The molecule has 1 amide bonds. The van der Waals surface area contributed by atoms with Gasteiger partial charge in [0.2, 0.25) is 0 Å². The molecule has 2 aromatic heterocycles. The molecule has 106 valence electrons. The lowest BCUT2D eigenvalue weighted by atomic mass is 10.1. The summed E-state index contributed by atoms with van der Waals surface area (Å²) in [6.45, 7) is 0. The van der Waals surface area contributed by atoms with Crippen LogP contribution in [0.25, 0.3) is 0 Å². The number of hydrogen-bond acceptors (Lipinski definition) is 3. The maximum Gasteiger partial charge on any atom is 0.262 e. The van der Waals surface area contributed by atoms with Crippen LogP contribution in [0.15, 0.2) is 63.8 Å². The minimum atomic E-state index is -0.112. The van der Waals surface area contributed by atoms with Crippen LogP contribution in [0.3, 0.4) is 0 Å². The molecule has 5 heteroatoms. The van der Waals surface area contributed by atoms with Gasteiger partial charge in [-0.2, -0.15) is 0 Å². The molecule has 0 aliphatic carbocycles. The van der Waals surface area contributed by atoms with E-state index in [9.17, 15) is 4.79 Å². The van der Waals surface area contributed by atoms with Crippen molar-refractivity contribution in [3.63, 3.8) is 0 Å². The van der Waals surface area contributed by atoms with Gasteiger partial charge in [0.15, 0.2) is 0 Å². The van der Waals surface area contributed by atoms with Crippen LogP contribution < -0.4 is 5.32 Å². The molecule has 1 unspecified atom stereocenters. The Balaban J connectivity index is 1.88. The Morgan fingerprint density at radius 1 is 1.05 bits per heavy atom. The van der Waals surface area contributed by atoms with Crippen molar-refractivity contribution in [3.05, 3.63) is 79.1 Å². The fourth-order valence-corrected chi connectivity index (χ4v) is 4.15. The lowest BCUT2D eigenvalue weighted by Crippen LogP contribution is -2.28. The minimum Gasteiger partial charge on any atom is -0.340 e. The van der Waals surface area contributed by atoms with Gasteiger partial charge in [-0.15, -0.1) is 22.7 Å². The zero-order chi connectivity index (χ0) is 14.7. The van der Waals surface area contributed by atoms with Gasteiger partial charge >= 0.3 is 0 Å². The van der Waals surface area contributed by atoms with Crippen LogP contribution in [0.2, 0.25) is 0 Å². The van der Waals surface area contributed by atoms with E-state index in [-0.39, 0.29) is 11.9 Å². The fraction of sp³-hybridized carbons (Fsp3) is 0.0625. The summed E-state index contributed by atoms with van der Waals surface area (Å²) >= 11 is 6.48. The first-order valence-corrected chi connectivity index (χ1v) is 8.87. The molecule has 0 bridgehead atoms. The van der Waals surface area contributed by atoms with Gasteiger partial charge in [0.1, 0.15) is 0 Å². The van der Waals surface area contributed by atoms with Gasteiger partial charge in [0.05, 0.1) is 14.7 Å². The molecular weight excluding hydrogens is 366 g/mol. The maximum absolute atomic E-state index is 12.4. The Kier molecular flexibility index (Phi) is 4.53. The van der Waals surface area contributed by atoms with E-state index in [0.29, 0.717) is 4.88 Å². The molecule has 3 rings (SSSR count). The Hall–Kier alpha value is -1.43. The monoisotopic (exact) mass is 377 g/mol. The van der Waals surface area contributed by atoms with Crippen molar-refractivity contribution >= 4 is 44.5 Å². The molecule has 1 atom stereocenters. The SMILES string of the molecule is O=C(NC(c1ccccc1)c1cccs1)c1ccc(Br)s1. The quantitative estimate of drug-likeness (QED) is 0.673. The summed E-state index contributed by atoms with van der Waals surface area (Å²) in [4.78, 5) is 14.3. The van der Waals surface area contributed by atoms with Crippen LogP contribution in [0.5, 0.6) is 0 Å². The van der Waals surface area contributed by atoms with Gasteiger partial charge in [-0.05, 0) is 45.1 Å². The summed E-state index contributed by atoms with van der Waals surface area (Å²) < 4.78 is 0.958. The van der Waals surface area contributed by atoms with Crippen molar-refractivity contribution in [1.82, 2.24) is 5.32 Å². The predicted octanol–water partition coefficient (Wildman–Crippen LogP) is 5.09. The highest BCUT2D eigenvalue weighted by atomic mass is 79.9. The molecule has 21 heavy (non-hydrogen) atoms. The number of benzene rings is 1. The zero-order valence-corrected chi connectivity index (χ0v) is 14.2. The molecule has 0 saturated heterocycles. The highest BCUT2D eigenvalue weighted by Crippen LogP contribution is 2.28. The molecule has 0 fully saturated rings. The van der Waals surface area contributed by atoms with Crippen molar-refractivity contribution in [3.8, 4) is 0 Å². The van der Waals surface area contributed by atoms with Crippen molar-refractivity contribution in [2.45, 2.75) is 6.04 Å². The fourth-order valence-electron chi connectivity index (χ4n) is 2.06. The average Bonchev–Trinajstić information content (AvgIpc) is 3.17. The van der Waals surface area contributed by atoms with Gasteiger partial charge < -0.3 is 5.32 Å². The average molecular weight is 378 g/mol.